The number of aromatic nitrogens is 3. The Balaban J connectivity index is 2.09. The molecule has 8 nitrogen and oxygen atoms in total. The van der Waals surface area contributed by atoms with E-state index in [4.69, 9.17) is 0 Å². The molecule has 1 atom stereocenters. The number of hydrogen-bond acceptors (Lipinski definition) is 6. The number of halogens is 2. The van der Waals surface area contributed by atoms with E-state index in [-0.39, 0.29) is 17.0 Å². The van der Waals surface area contributed by atoms with Crippen LogP contribution in [0.15, 0.2) is 59.7 Å². The topological polar surface area (TPSA) is 106 Å². The first-order valence-corrected chi connectivity index (χ1v) is 9.69. The summed E-state index contributed by atoms with van der Waals surface area (Å²) in [6, 6.07) is 9.51. The highest BCUT2D eigenvalue weighted by Gasteiger charge is 2.26. The number of aliphatic hydroxyl groups is 1. The summed E-state index contributed by atoms with van der Waals surface area (Å²) >= 11 is 0. The van der Waals surface area contributed by atoms with Crippen LogP contribution in [0.3, 0.4) is 0 Å². The quantitative estimate of drug-likeness (QED) is 0.581. The molecule has 0 aliphatic heterocycles. The Labute approximate surface area is 182 Å². The summed E-state index contributed by atoms with van der Waals surface area (Å²) in [7, 11) is 0. The molecular formula is C22H22F2N4O4. The molecule has 32 heavy (non-hydrogen) atoms. The second-order valence-corrected chi connectivity index (χ2v) is 7.62. The Morgan fingerprint density at radius 1 is 1.22 bits per heavy atom. The maximum Gasteiger partial charge on any atom is 0.387 e. The molecule has 0 aliphatic carbocycles. The van der Waals surface area contributed by atoms with E-state index >= 15 is 0 Å². The summed E-state index contributed by atoms with van der Waals surface area (Å²) < 4.78 is 30.2. The number of nitrogens with one attached hydrogen (secondary N) is 1. The molecule has 0 radical (unpaired) electrons. The van der Waals surface area contributed by atoms with Gasteiger partial charge in [-0.15, -0.1) is 0 Å². The predicted octanol–water partition coefficient (Wildman–Crippen LogP) is 2.79. The molecule has 0 bridgehead atoms. The third kappa shape index (κ3) is 5.33. The summed E-state index contributed by atoms with van der Waals surface area (Å²) in [5, 5.41) is 17.1. The summed E-state index contributed by atoms with van der Waals surface area (Å²) in [6.07, 6.45) is 2.94. The Hall–Kier alpha value is -3.66. The standard InChI is InChI=1S/C22H22F2N4O4/c1-13(22(2,3)31)26-19(29)17-11-18(14-6-8-16(9-7-14)32-21(23)24)27-28(20(17)30)15-5-4-10-25-12-15/h4-13,21,31H,1-3H3,(H,26,29)/t13-/m0/s1. The van der Waals surface area contributed by atoms with E-state index in [1.54, 1.807) is 19.1 Å². The fourth-order valence-electron chi connectivity index (χ4n) is 2.71. The second-order valence-electron chi connectivity index (χ2n) is 7.62. The summed E-state index contributed by atoms with van der Waals surface area (Å²) in [4.78, 5) is 29.9. The first kappa shape index (κ1) is 23.0. The number of rotatable bonds is 7. The van der Waals surface area contributed by atoms with E-state index in [1.807, 2.05) is 0 Å². The SMILES string of the molecule is C[C@H](NC(=O)c1cc(-c2ccc(OC(F)F)cc2)nn(-c2cccnc2)c1=O)C(C)(C)O. The molecule has 0 unspecified atom stereocenters. The van der Waals surface area contributed by atoms with Crippen LogP contribution >= 0.6 is 0 Å². The lowest BCUT2D eigenvalue weighted by Gasteiger charge is -2.26. The molecule has 2 aromatic heterocycles. The van der Waals surface area contributed by atoms with Crippen molar-refractivity contribution < 1.29 is 23.4 Å². The van der Waals surface area contributed by atoms with Crippen LogP contribution in [0.2, 0.25) is 0 Å². The number of carbonyl (C=O) groups is 1. The zero-order valence-corrected chi connectivity index (χ0v) is 17.6. The number of pyridine rings is 1. The van der Waals surface area contributed by atoms with Crippen molar-refractivity contribution in [3.8, 4) is 22.7 Å². The van der Waals surface area contributed by atoms with Gasteiger partial charge < -0.3 is 15.2 Å². The predicted molar refractivity (Wildman–Crippen MR) is 113 cm³/mol. The average Bonchev–Trinajstić information content (AvgIpc) is 2.74. The average molecular weight is 444 g/mol. The van der Waals surface area contributed by atoms with Crippen LogP contribution in [0.5, 0.6) is 5.75 Å². The van der Waals surface area contributed by atoms with E-state index < -0.39 is 29.7 Å². The lowest BCUT2D eigenvalue weighted by Crippen LogP contribution is -2.48. The van der Waals surface area contributed by atoms with Gasteiger partial charge in [0.1, 0.15) is 11.3 Å². The molecule has 2 heterocycles. The highest BCUT2D eigenvalue weighted by Crippen LogP contribution is 2.22. The van der Waals surface area contributed by atoms with Gasteiger partial charge in [-0.2, -0.15) is 18.6 Å². The van der Waals surface area contributed by atoms with Crippen LogP contribution < -0.4 is 15.6 Å². The highest BCUT2D eigenvalue weighted by molar-refractivity contribution is 5.95. The van der Waals surface area contributed by atoms with Crippen LogP contribution in [0.1, 0.15) is 31.1 Å². The van der Waals surface area contributed by atoms with Gasteiger partial charge in [-0.3, -0.25) is 14.6 Å². The van der Waals surface area contributed by atoms with Crippen molar-refractivity contribution in [3.63, 3.8) is 0 Å². The van der Waals surface area contributed by atoms with Crippen LogP contribution in [0.25, 0.3) is 16.9 Å². The van der Waals surface area contributed by atoms with Crippen molar-refractivity contribution >= 4 is 5.91 Å². The zero-order valence-electron chi connectivity index (χ0n) is 17.6. The first-order valence-electron chi connectivity index (χ1n) is 9.69. The van der Waals surface area contributed by atoms with E-state index in [1.165, 1.54) is 56.6 Å². The molecule has 168 valence electrons. The van der Waals surface area contributed by atoms with Gasteiger partial charge >= 0.3 is 6.61 Å². The molecule has 3 aromatic rings. The molecule has 1 amide bonds. The molecule has 0 aliphatic rings. The van der Waals surface area contributed by atoms with E-state index in [9.17, 15) is 23.5 Å². The maximum absolute atomic E-state index is 13.0. The van der Waals surface area contributed by atoms with Gasteiger partial charge in [0, 0.05) is 11.8 Å². The fourth-order valence-corrected chi connectivity index (χ4v) is 2.71. The number of alkyl halides is 2. The van der Waals surface area contributed by atoms with Gasteiger partial charge in [-0.25, -0.2) is 0 Å². The first-order chi connectivity index (χ1) is 15.1. The summed E-state index contributed by atoms with van der Waals surface area (Å²) in [6.45, 7) is 1.72. The highest BCUT2D eigenvalue weighted by atomic mass is 19.3. The third-order valence-corrected chi connectivity index (χ3v) is 4.83. The number of nitrogens with zero attached hydrogens (tertiary/aromatic N) is 3. The van der Waals surface area contributed by atoms with Crippen LogP contribution in [0, 0.1) is 0 Å². The Morgan fingerprint density at radius 3 is 2.47 bits per heavy atom. The fraction of sp³-hybridized carbons (Fsp3) is 0.273. The maximum atomic E-state index is 13.0. The largest absolute Gasteiger partial charge is 0.435 e. The van der Waals surface area contributed by atoms with Gasteiger partial charge in [-0.1, -0.05) is 0 Å². The molecule has 0 fully saturated rings. The molecule has 0 spiro atoms. The minimum atomic E-state index is -2.96. The Kier molecular flexibility index (Phi) is 6.64. The molecule has 10 heteroatoms. The van der Waals surface area contributed by atoms with Crippen molar-refractivity contribution in [1.82, 2.24) is 20.1 Å². The van der Waals surface area contributed by atoms with Crippen molar-refractivity contribution in [2.45, 2.75) is 39.0 Å². The van der Waals surface area contributed by atoms with Crippen LogP contribution in [0.4, 0.5) is 8.78 Å². The molecule has 0 saturated heterocycles. The Morgan fingerprint density at radius 2 is 1.91 bits per heavy atom. The number of amides is 1. The van der Waals surface area contributed by atoms with E-state index in [0.29, 0.717) is 11.3 Å². The van der Waals surface area contributed by atoms with Gasteiger partial charge in [0.15, 0.2) is 0 Å². The van der Waals surface area contributed by atoms with Gasteiger partial charge in [0.2, 0.25) is 0 Å². The Bertz CT molecular complexity index is 1140. The summed E-state index contributed by atoms with van der Waals surface area (Å²) in [5.74, 6) is -0.732. The second kappa shape index (κ2) is 9.23. The minimum absolute atomic E-state index is 0.0405. The molecule has 2 N–H and O–H groups in total. The third-order valence-electron chi connectivity index (χ3n) is 4.83. The van der Waals surface area contributed by atoms with Crippen molar-refractivity contribution in [1.29, 1.82) is 0 Å². The van der Waals surface area contributed by atoms with Crippen molar-refractivity contribution in [2.24, 2.45) is 0 Å². The smallest absolute Gasteiger partial charge is 0.387 e. The number of ether oxygens (including phenoxy) is 1. The molecule has 3 rings (SSSR count). The number of hydrogen-bond donors (Lipinski definition) is 2. The molecule has 1 aromatic carbocycles. The van der Waals surface area contributed by atoms with Gasteiger partial charge in [0.05, 0.1) is 29.2 Å². The molecular weight excluding hydrogens is 422 g/mol. The minimum Gasteiger partial charge on any atom is -0.435 e. The van der Waals surface area contributed by atoms with Crippen LogP contribution in [-0.2, 0) is 0 Å². The number of benzene rings is 1. The number of carbonyl (C=O) groups excluding carboxylic acids is 1. The molecule has 0 saturated carbocycles. The van der Waals surface area contributed by atoms with E-state index in [2.05, 4.69) is 20.1 Å². The van der Waals surface area contributed by atoms with Gasteiger partial charge in [-0.05, 0) is 63.2 Å². The monoisotopic (exact) mass is 444 g/mol. The summed E-state index contributed by atoms with van der Waals surface area (Å²) in [5.41, 5.74) is -1.05. The van der Waals surface area contributed by atoms with Gasteiger partial charge in [0.25, 0.3) is 11.5 Å². The zero-order chi connectivity index (χ0) is 23.5. The van der Waals surface area contributed by atoms with E-state index in [0.717, 1.165) is 4.68 Å². The van der Waals surface area contributed by atoms with Crippen molar-refractivity contribution in [3.05, 3.63) is 70.8 Å². The lowest BCUT2D eigenvalue weighted by molar-refractivity contribution is -0.0498. The normalized spacial score (nSPS) is 12.5. The lowest BCUT2D eigenvalue weighted by atomic mass is 10.0. The van der Waals surface area contributed by atoms with Crippen LogP contribution in [-0.4, -0.2) is 44.0 Å². The van der Waals surface area contributed by atoms with Crippen molar-refractivity contribution in [2.75, 3.05) is 0 Å².